The number of amides is 2. The molecule has 3 N–H and O–H groups in total. The van der Waals surface area contributed by atoms with Crippen molar-refractivity contribution in [3.05, 3.63) is 53.6 Å². The van der Waals surface area contributed by atoms with Gasteiger partial charge in [-0.2, -0.15) is 0 Å². The van der Waals surface area contributed by atoms with E-state index >= 15 is 0 Å². The predicted octanol–water partition coefficient (Wildman–Crippen LogP) is 3.58. The molecule has 0 aliphatic rings. The van der Waals surface area contributed by atoms with Crippen LogP contribution in [-0.4, -0.2) is 23.0 Å². The van der Waals surface area contributed by atoms with E-state index in [0.717, 1.165) is 0 Å². The number of carbonyl (C=O) groups is 2. The Bertz CT molecular complexity index is 812. The van der Waals surface area contributed by atoms with Crippen LogP contribution >= 0.6 is 23.8 Å². The minimum Gasteiger partial charge on any atom is -0.479 e. The molecule has 6 nitrogen and oxygen atoms in total. The van der Waals surface area contributed by atoms with E-state index in [1.807, 2.05) is 0 Å². The molecule has 2 rings (SSSR count). The molecule has 2 aromatic carbocycles. The predicted molar refractivity (Wildman–Crippen MR) is 107 cm³/mol. The number of halogens is 1. The highest BCUT2D eigenvalue weighted by Crippen LogP contribution is 2.24. The molecule has 0 radical (unpaired) electrons. The van der Waals surface area contributed by atoms with E-state index in [0.29, 0.717) is 22.1 Å². The molecular weight excluding hydrogens is 374 g/mol. The minimum atomic E-state index is -0.722. The molecule has 0 saturated heterocycles. The maximum absolute atomic E-state index is 12.2. The Balaban J connectivity index is 1.91. The van der Waals surface area contributed by atoms with Crippen LogP contribution in [0.4, 0.5) is 11.4 Å². The summed E-state index contributed by atoms with van der Waals surface area (Å²) < 4.78 is 5.58. The molecule has 0 fully saturated rings. The van der Waals surface area contributed by atoms with Gasteiger partial charge in [-0.05, 0) is 55.5 Å². The Labute approximate surface area is 161 Å². The highest BCUT2D eigenvalue weighted by Gasteiger charge is 2.16. The number of hydrogen-bond acceptors (Lipinski definition) is 4. The molecule has 1 unspecified atom stereocenters. The first-order chi connectivity index (χ1) is 12.3. The molecular formula is C18H18ClN3O3S. The topological polar surface area (TPSA) is 79.5 Å². The molecule has 26 heavy (non-hydrogen) atoms. The van der Waals surface area contributed by atoms with Gasteiger partial charge in [0, 0.05) is 18.3 Å². The molecule has 0 saturated carbocycles. The summed E-state index contributed by atoms with van der Waals surface area (Å²) in [6.07, 6.45) is -0.722. The van der Waals surface area contributed by atoms with Crippen molar-refractivity contribution >= 4 is 52.1 Å². The third kappa shape index (κ3) is 6.02. The summed E-state index contributed by atoms with van der Waals surface area (Å²) in [7, 11) is 0. The van der Waals surface area contributed by atoms with Crippen molar-refractivity contribution in [1.29, 1.82) is 0 Å². The number of thiocarbonyl (C=S) groups is 1. The van der Waals surface area contributed by atoms with E-state index in [4.69, 9.17) is 28.6 Å². The highest BCUT2D eigenvalue weighted by atomic mass is 35.5. The first kappa shape index (κ1) is 19.7. The van der Waals surface area contributed by atoms with E-state index in [2.05, 4.69) is 16.0 Å². The van der Waals surface area contributed by atoms with Gasteiger partial charge in [0.1, 0.15) is 5.75 Å². The zero-order valence-corrected chi connectivity index (χ0v) is 15.8. The smallest absolute Gasteiger partial charge is 0.265 e. The summed E-state index contributed by atoms with van der Waals surface area (Å²) in [4.78, 5) is 23.2. The largest absolute Gasteiger partial charge is 0.479 e. The second kappa shape index (κ2) is 9.17. The lowest BCUT2D eigenvalue weighted by atomic mass is 10.2. The number of anilines is 2. The van der Waals surface area contributed by atoms with Crippen LogP contribution in [0.3, 0.4) is 0 Å². The molecule has 2 aromatic rings. The van der Waals surface area contributed by atoms with Crippen molar-refractivity contribution < 1.29 is 14.3 Å². The zero-order valence-electron chi connectivity index (χ0n) is 14.2. The van der Waals surface area contributed by atoms with Gasteiger partial charge in [-0.25, -0.2) is 0 Å². The van der Waals surface area contributed by atoms with E-state index in [9.17, 15) is 9.59 Å². The third-order valence-corrected chi connectivity index (χ3v) is 3.73. The second-order valence-corrected chi connectivity index (χ2v) is 6.21. The lowest BCUT2D eigenvalue weighted by molar-refractivity contribution is -0.122. The number of carbonyl (C=O) groups excluding carboxylic acids is 2. The standard InChI is InChI=1S/C18H18ClN3O3S/c1-11(25-16-6-4-3-5-15(16)19)17(24)21-13-7-9-14(10-8-13)22-18(26)20-12(2)23/h3-11H,1-2H3,(H,21,24)(H2,20,22,23,26). The number of ether oxygens (including phenoxy) is 1. The molecule has 0 aromatic heterocycles. The van der Waals surface area contributed by atoms with Gasteiger partial charge in [0.15, 0.2) is 11.2 Å². The van der Waals surface area contributed by atoms with E-state index in [1.54, 1.807) is 55.5 Å². The van der Waals surface area contributed by atoms with E-state index in [-0.39, 0.29) is 16.9 Å². The number of nitrogens with one attached hydrogen (secondary N) is 3. The summed E-state index contributed by atoms with van der Waals surface area (Å²) in [5.41, 5.74) is 1.28. The molecule has 0 aliphatic heterocycles. The average Bonchev–Trinajstić information content (AvgIpc) is 2.57. The minimum absolute atomic E-state index is 0.205. The van der Waals surface area contributed by atoms with Crippen LogP contribution in [0.25, 0.3) is 0 Å². The monoisotopic (exact) mass is 391 g/mol. The lowest BCUT2D eigenvalue weighted by Gasteiger charge is -2.16. The number of para-hydroxylation sites is 1. The summed E-state index contributed by atoms with van der Waals surface area (Å²) in [6, 6.07) is 13.8. The molecule has 0 bridgehead atoms. The Hall–Kier alpha value is -2.64. The quantitative estimate of drug-likeness (QED) is 0.679. The number of rotatable bonds is 5. The molecule has 0 spiro atoms. The molecule has 1 atom stereocenters. The fraction of sp³-hybridized carbons (Fsp3) is 0.167. The maximum Gasteiger partial charge on any atom is 0.265 e. The normalized spacial score (nSPS) is 11.2. The fourth-order valence-corrected chi connectivity index (χ4v) is 2.43. The first-order valence-electron chi connectivity index (χ1n) is 7.76. The van der Waals surface area contributed by atoms with Gasteiger partial charge >= 0.3 is 0 Å². The van der Waals surface area contributed by atoms with Crippen molar-refractivity contribution in [2.45, 2.75) is 20.0 Å². The van der Waals surface area contributed by atoms with Gasteiger partial charge in [-0.1, -0.05) is 23.7 Å². The van der Waals surface area contributed by atoms with Crippen molar-refractivity contribution in [2.24, 2.45) is 0 Å². The van der Waals surface area contributed by atoms with Crippen LogP contribution < -0.4 is 20.7 Å². The van der Waals surface area contributed by atoms with Gasteiger partial charge in [-0.15, -0.1) is 0 Å². The van der Waals surface area contributed by atoms with Crippen molar-refractivity contribution in [2.75, 3.05) is 10.6 Å². The summed E-state index contributed by atoms with van der Waals surface area (Å²) in [5, 5.41) is 8.73. The lowest BCUT2D eigenvalue weighted by Crippen LogP contribution is -2.32. The molecule has 2 amide bonds. The van der Waals surface area contributed by atoms with Crippen molar-refractivity contribution in [3.8, 4) is 5.75 Å². The van der Waals surface area contributed by atoms with Crippen molar-refractivity contribution in [1.82, 2.24) is 5.32 Å². The summed E-state index contributed by atoms with van der Waals surface area (Å²) >= 11 is 11.0. The van der Waals surface area contributed by atoms with E-state index in [1.165, 1.54) is 6.92 Å². The fourth-order valence-electron chi connectivity index (χ4n) is 1.99. The maximum atomic E-state index is 12.2. The van der Waals surface area contributed by atoms with Gasteiger partial charge in [0.2, 0.25) is 5.91 Å². The van der Waals surface area contributed by atoms with Gasteiger partial charge in [-0.3, -0.25) is 9.59 Å². The Morgan fingerprint density at radius 2 is 1.62 bits per heavy atom. The SMILES string of the molecule is CC(=O)NC(=S)Nc1ccc(NC(=O)C(C)Oc2ccccc2Cl)cc1. The number of benzene rings is 2. The zero-order chi connectivity index (χ0) is 19.1. The first-order valence-corrected chi connectivity index (χ1v) is 8.54. The summed E-state index contributed by atoms with van der Waals surface area (Å²) in [6.45, 7) is 3.01. The van der Waals surface area contributed by atoms with Crippen LogP contribution in [-0.2, 0) is 9.59 Å². The van der Waals surface area contributed by atoms with Crippen LogP contribution in [0, 0.1) is 0 Å². The van der Waals surface area contributed by atoms with Gasteiger partial charge in [0.05, 0.1) is 5.02 Å². The molecule has 0 heterocycles. The molecule has 0 aliphatic carbocycles. The van der Waals surface area contributed by atoms with Gasteiger partial charge in [0.25, 0.3) is 5.91 Å². The Kier molecular flexibility index (Phi) is 6.94. The molecule has 136 valence electrons. The van der Waals surface area contributed by atoms with Gasteiger partial charge < -0.3 is 20.7 Å². The Morgan fingerprint density at radius 1 is 1.04 bits per heavy atom. The van der Waals surface area contributed by atoms with Crippen LogP contribution in [0.15, 0.2) is 48.5 Å². The molecule has 8 heteroatoms. The van der Waals surface area contributed by atoms with Crippen molar-refractivity contribution in [3.63, 3.8) is 0 Å². The van der Waals surface area contributed by atoms with Crippen LogP contribution in [0.2, 0.25) is 5.02 Å². The highest BCUT2D eigenvalue weighted by molar-refractivity contribution is 7.80. The number of hydrogen-bond donors (Lipinski definition) is 3. The third-order valence-electron chi connectivity index (χ3n) is 3.21. The average molecular weight is 392 g/mol. The van der Waals surface area contributed by atoms with E-state index < -0.39 is 6.10 Å². The second-order valence-electron chi connectivity index (χ2n) is 5.39. The summed E-state index contributed by atoms with van der Waals surface area (Å²) in [5.74, 6) is -0.110. The van der Waals surface area contributed by atoms with Crippen LogP contribution in [0.5, 0.6) is 5.75 Å². The Morgan fingerprint density at radius 3 is 2.19 bits per heavy atom. The van der Waals surface area contributed by atoms with Crippen LogP contribution in [0.1, 0.15) is 13.8 Å².